The number of ether oxygens (including phenoxy) is 1. The van der Waals surface area contributed by atoms with Gasteiger partial charge in [0.2, 0.25) is 5.89 Å². The van der Waals surface area contributed by atoms with Gasteiger partial charge in [0.25, 0.3) is 4.84 Å². The fourth-order valence-corrected chi connectivity index (χ4v) is 2.11. The summed E-state index contributed by atoms with van der Waals surface area (Å²) in [5, 5.41) is 7.61. The standard InChI is InChI=1S/C13H11N3O2S/c1-7-5-10(12-15-16-13(19)18-12)9-6-8(17-2)3-4-11(9)14-7/h3-6H,1-2H3,(H,16,19). The van der Waals surface area contributed by atoms with E-state index in [1.807, 2.05) is 31.2 Å². The molecule has 3 rings (SSSR count). The van der Waals surface area contributed by atoms with Gasteiger partial charge in [0.1, 0.15) is 5.75 Å². The number of nitrogens with zero attached hydrogens (tertiary/aromatic N) is 2. The third kappa shape index (κ3) is 2.10. The fraction of sp³-hybridized carbons (Fsp3) is 0.154. The van der Waals surface area contributed by atoms with Crippen molar-refractivity contribution in [3.63, 3.8) is 0 Å². The lowest BCUT2D eigenvalue weighted by Crippen LogP contribution is -1.90. The molecule has 2 heterocycles. The third-order valence-corrected chi connectivity index (χ3v) is 2.99. The molecule has 5 nitrogen and oxygen atoms in total. The van der Waals surface area contributed by atoms with Gasteiger partial charge in [0.15, 0.2) is 0 Å². The molecule has 0 atom stereocenters. The van der Waals surface area contributed by atoms with Crippen LogP contribution in [0.25, 0.3) is 22.4 Å². The van der Waals surface area contributed by atoms with E-state index in [0.717, 1.165) is 27.9 Å². The molecule has 0 amide bonds. The van der Waals surface area contributed by atoms with Gasteiger partial charge in [-0.3, -0.25) is 4.98 Å². The Morgan fingerprint density at radius 1 is 1.32 bits per heavy atom. The summed E-state index contributed by atoms with van der Waals surface area (Å²) in [5.74, 6) is 1.21. The number of nitrogens with one attached hydrogen (secondary N) is 1. The Hall–Kier alpha value is -2.21. The lowest BCUT2D eigenvalue weighted by molar-refractivity contribution is 0.415. The van der Waals surface area contributed by atoms with Crippen LogP contribution in [-0.4, -0.2) is 22.3 Å². The van der Waals surface area contributed by atoms with Crippen LogP contribution < -0.4 is 4.74 Å². The molecule has 6 heteroatoms. The molecular weight excluding hydrogens is 262 g/mol. The molecule has 0 spiro atoms. The highest BCUT2D eigenvalue weighted by Crippen LogP contribution is 2.30. The van der Waals surface area contributed by atoms with Crippen molar-refractivity contribution in [2.75, 3.05) is 7.11 Å². The number of pyridine rings is 1. The highest BCUT2D eigenvalue weighted by molar-refractivity contribution is 7.71. The Morgan fingerprint density at radius 2 is 2.16 bits per heavy atom. The van der Waals surface area contributed by atoms with Crippen LogP contribution in [0, 0.1) is 11.8 Å². The summed E-state index contributed by atoms with van der Waals surface area (Å²) in [4.78, 5) is 4.73. The molecule has 0 aliphatic heterocycles. The van der Waals surface area contributed by atoms with Gasteiger partial charge in [-0.1, -0.05) is 0 Å². The molecule has 0 saturated carbocycles. The van der Waals surface area contributed by atoms with E-state index in [1.54, 1.807) is 7.11 Å². The van der Waals surface area contributed by atoms with Crippen LogP contribution in [0.4, 0.5) is 0 Å². The highest BCUT2D eigenvalue weighted by Gasteiger charge is 2.11. The number of benzene rings is 1. The molecule has 96 valence electrons. The van der Waals surface area contributed by atoms with Gasteiger partial charge in [0.05, 0.1) is 18.2 Å². The third-order valence-electron chi connectivity index (χ3n) is 2.81. The Bertz CT molecular complexity index is 807. The van der Waals surface area contributed by atoms with Crippen molar-refractivity contribution in [1.29, 1.82) is 0 Å². The van der Waals surface area contributed by atoms with E-state index in [1.165, 1.54) is 0 Å². The van der Waals surface area contributed by atoms with Crippen molar-refractivity contribution in [2.45, 2.75) is 6.92 Å². The number of rotatable bonds is 2. The number of aromatic nitrogens is 3. The van der Waals surface area contributed by atoms with Crippen molar-refractivity contribution in [3.05, 3.63) is 34.8 Å². The molecule has 19 heavy (non-hydrogen) atoms. The highest BCUT2D eigenvalue weighted by atomic mass is 32.1. The number of aromatic amines is 1. The minimum atomic E-state index is 0.250. The SMILES string of the molecule is COc1ccc2nc(C)cc(-c3n[nH]c(=S)o3)c2c1. The van der Waals surface area contributed by atoms with Crippen molar-refractivity contribution >= 4 is 23.1 Å². The van der Waals surface area contributed by atoms with Crippen LogP contribution in [0.15, 0.2) is 28.7 Å². The van der Waals surface area contributed by atoms with E-state index in [9.17, 15) is 0 Å². The van der Waals surface area contributed by atoms with Crippen molar-refractivity contribution in [1.82, 2.24) is 15.2 Å². The second-order valence-corrected chi connectivity index (χ2v) is 4.48. The zero-order chi connectivity index (χ0) is 13.4. The van der Waals surface area contributed by atoms with E-state index in [0.29, 0.717) is 5.89 Å². The zero-order valence-electron chi connectivity index (χ0n) is 10.4. The van der Waals surface area contributed by atoms with Crippen molar-refractivity contribution in [2.24, 2.45) is 0 Å². The van der Waals surface area contributed by atoms with Crippen LogP contribution in [0.1, 0.15) is 5.69 Å². The average molecular weight is 273 g/mol. The smallest absolute Gasteiger partial charge is 0.284 e. The number of methoxy groups -OCH3 is 1. The first-order valence-electron chi connectivity index (χ1n) is 5.68. The molecular formula is C13H11N3O2S. The van der Waals surface area contributed by atoms with Crippen LogP contribution in [0.3, 0.4) is 0 Å². The van der Waals surface area contributed by atoms with Crippen LogP contribution in [0.2, 0.25) is 0 Å². The molecule has 1 N–H and O–H groups in total. The summed E-state index contributed by atoms with van der Waals surface area (Å²) < 4.78 is 10.6. The Balaban J connectivity index is 2.35. The molecule has 2 aromatic heterocycles. The number of H-pyrrole nitrogens is 1. The van der Waals surface area contributed by atoms with Gasteiger partial charge in [-0.15, -0.1) is 5.10 Å². The fourth-order valence-electron chi connectivity index (χ4n) is 1.99. The van der Waals surface area contributed by atoms with E-state index in [-0.39, 0.29) is 4.84 Å². The Kier molecular flexibility index (Phi) is 2.79. The Morgan fingerprint density at radius 3 is 2.84 bits per heavy atom. The first-order valence-corrected chi connectivity index (χ1v) is 6.09. The summed E-state index contributed by atoms with van der Waals surface area (Å²) in [7, 11) is 1.63. The Labute approximate surface area is 114 Å². The lowest BCUT2D eigenvalue weighted by Gasteiger charge is -2.06. The van der Waals surface area contributed by atoms with Gasteiger partial charge < -0.3 is 9.15 Å². The number of hydrogen-bond acceptors (Lipinski definition) is 5. The molecule has 0 fully saturated rings. The lowest BCUT2D eigenvalue weighted by atomic mass is 10.1. The molecule has 0 saturated heterocycles. The first-order chi connectivity index (χ1) is 9.17. The van der Waals surface area contributed by atoms with Gasteiger partial charge in [-0.25, -0.2) is 5.10 Å². The number of aryl methyl sites for hydroxylation is 1. The summed E-state index contributed by atoms with van der Waals surface area (Å²) in [6.45, 7) is 1.93. The second kappa shape index (κ2) is 4.47. The predicted octanol–water partition coefficient (Wildman–Crippen LogP) is 3.26. The minimum absolute atomic E-state index is 0.250. The predicted molar refractivity (Wildman–Crippen MR) is 73.7 cm³/mol. The minimum Gasteiger partial charge on any atom is -0.497 e. The van der Waals surface area contributed by atoms with Crippen LogP contribution in [-0.2, 0) is 0 Å². The topological polar surface area (TPSA) is 63.9 Å². The van der Waals surface area contributed by atoms with E-state index in [2.05, 4.69) is 15.2 Å². The largest absolute Gasteiger partial charge is 0.497 e. The van der Waals surface area contributed by atoms with Crippen molar-refractivity contribution < 1.29 is 9.15 Å². The normalized spacial score (nSPS) is 10.8. The molecule has 0 aliphatic rings. The maximum atomic E-state index is 5.39. The van der Waals surface area contributed by atoms with E-state index in [4.69, 9.17) is 21.4 Å². The summed E-state index contributed by atoms with van der Waals surface area (Å²) in [6.07, 6.45) is 0. The van der Waals surface area contributed by atoms with E-state index >= 15 is 0 Å². The van der Waals surface area contributed by atoms with Gasteiger partial charge in [-0.2, -0.15) is 0 Å². The quantitative estimate of drug-likeness (QED) is 0.726. The molecule has 0 radical (unpaired) electrons. The maximum Gasteiger partial charge on any atom is 0.284 e. The van der Waals surface area contributed by atoms with E-state index < -0.39 is 0 Å². The zero-order valence-corrected chi connectivity index (χ0v) is 11.2. The van der Waals surface area contributed by atoms with Crippen molar-refractivity contribution in [3.8, 4) is 17.2 Å². The molecule has 0 unspecified atom stereocenters. The second-order valence-electron chi connectivity index (χ2n) is 4.11. The van der Waals surface area contributed by atoms with Gasteiger partial charge >= 0.3 is 0 Å². The summed E-state index contributed by atoms with van der Waals surface area (Å²) in [6, 6.07) is 7.60. The number of hydrogen-bond donors (Lipinski definition) is 1. The average Bonchev–Trinajstić information content (AvgIpc) is 2.84. The summed E-state index contributed by atoms with van der Waals surface area (Å²) >= 11 is 4.91. The van der Waals surface area contributed by atoms with Gasteiger partial charge in [-0.05, 0) is 43.4 Å². The van der Waals surface area contributed by atoms with Crippen LogP contribution >= 0.6 is 12.2 Å². The molecule has 0 aliphatic carbocycles. The number of fused-ring (bicyclic) bond motifs is 1. The maximum absolute atomic E-state index is 5.39. The monoisotopic (exact) mass is 273 g/mol. The molecule has 1 aromatic carbocycles. The van der Waals surface area contributed by atoms with Gasteiger partial charge in [0, 0.05) is 11.1 Å². The molecule has 3 aromatic rings. The molecule has 0 bridgehead atoms. The summed E-state index contributed by atoms with van der Waals surface area (Å²) in [5.41, 5.74) is 2.59. The van der Waals surface area contributed by atoms with Crippen LogP contribution in [0.5, 0.6) is 5.75 Å². The first kappa shape index (κ1) is 11.9.